The maximum absolute atomic E-state index is 13.3. The Balaban J connectivity index is 2.26. The molecule has 0 aliphatic rings. The first kappa shape index (κ1) is 14.1. The standard InChI is InChI=1S/C14H13Cl2FN2/c15-9-5-10(17)7-11(6-9)19-14(8-18)12-3-1-2-4-13(12)16/h1-7,14,19H,8,18H2. The molecule has 2 rings (SSSR count). The number of nitrogens with one attached hydrogen (secondary N) is 1. The summed E-state index contributed by atoms with van der Waals surface area (Å²) in [5.41, 5.74) is 7.19. The zero-order valence-electron chi connectivity index (χ0n) is 10.0. The van der Waals surface area contributed by atoms with Gasteiger partial charge in [-0.05, 0) is 29.8 Å². The number of nitrogens with two attached hydrogens (primary N) is 1. The van der Waals surface area contributed by atoms with E-state index in [1.54, 1.807) is 12.1 Å². The van der Waals surface area contributed by atoms with Gasteiger partial charge in [-0.25, -0.2) is 4.39 Å². The summed E-state index contributed by atoms with van der Waals surface area (Å²) in [5.74, 6) is -0.398. The van der Waals surface area contributed by atoms with Crippen LogP contribution < -0.4 is 11.1 Å². The Morgan fingerprint density at radius 1 is 1.16 bits per heavy atom. The third-order valence-electron chi connectivity index (χ3n) is 2.72. The molecule has 0 aliphatic carbocycles. The fourth-order valence-electron chi connectivity index (χ4n) is 1.86. The highest BCUT2D eigenvalue weighted by atomic mass is 35.5. The van der Waals surface area contributed by atoms with Crippen LogP contribution in [0.15, 0.2) is 42.5 Å². The minimum absolute atomic E-state index is 0.202. The fourth-order valence-corrected chi connectivity index (χ4v) is 2.35. The van der Waals surface area contributed by atoms with Crippen LogP contribution in [0.2, 0.25) is 10.0 Å². The van der Waals surface area contributed by atoms with Gasteiger partial charge in [0.2, 0.25) is 0 Å². The molecule has 0 aromatic heterocycles. The second-order valence-electron chi connectivity index (χ2n) is 4.11. The fraction of sp³-hybridized carbons (Fsp3) is 0.143. The van der Waals surface area contributed by atoms with Crippen molar-refractivity contribution >= 4 is 28.9 Å². The maximum atomic E-state index is 13.3. The molecular formula is C14H13Cl2FN2. The zero-order chi connectivity index (χ0) is 13.8. The predicted octanol–water partition coefficient (Wildman–Crippen LogP) is 4.24. The SMILES string of the molecule is NCC(Nc1cc(F)cc(Cl)c1)c1ccccc1Cl. The van der Waals surface area contributed by atoms with Crippen LogP contribution in [-0.2, 0) is 0 Å². The summed E-state index contributed by atoms with van der Waals surface area (Å²) >= 11 is 11.9. The van der Waals surface area contributed by atoms with Crippen molar-refractivity contribution in [2.24, 2.45) is 5.73 Å². The van der Waals surface area contributed by atoms with E-state index in [9.17, 15) is 4.39 Å². The van der Waals surface area contributed by atoms with E-state index < -0.39 is 5.82 Å². The molecule has 0 saturated carbocycles. The van der Waals surface area contributed by atoms with Gasteiger partial charge in [0.25, 0.3) is 0 Å². The van der Waals surface area contributed by atoms with E-state index in [0.717, 1.165) is 5.56 Å². The Labute approximate surface area is 121 Å². The van der Waals surface area contributed by atoms with E-state index in [0.29, 0.717) is 22.3 Å². The lowest BCUT2D eigenvalue weighted by atomic mass is 10.1. The Bertz CT molecular complexity index is 555. The van der Waals surface area contributed by atoms with Gasteiger partial charge in [0.05, 0.1) is 6.04 Å². The summed E-state index contributed by atoms with van der Waals surface area (Å²) in [6, 6.07) is 11.5. The quantitative estimate of drug-likeness (QED) is 0.886. The molecule has 0 heterocycles. The summed E-state index contributed by atoms with van der Waals surface area (Å²) in [7, 11) is 0. The number of anilines is 1. The largest absolute Gasteiger partial charge is 0.377 e. The second kappa shape index (κ2) is 6.24. The number of rotatable bonds is 4. The molecule has 1 unspecified atom stereocenters. The number of hydrogen-bond acceptors (Lipinski definition) is 2. The van der Waals surface area contributed by atoms with Crippen molar-refractivity contribution in [2.75, 3.05) is 11.9 Å². The van der Waals surface area contributed by atoms with E-state index in [1.807, 2.05) is 18.2 Å². The first-order chi connectivity index (χ1) is 9.10. The molecule has 2 nitrogen and oxygen atoms in total. The molecule has 2 aromatic rings. The highest BCUT2D eigenvalue weighted by Gasteiger charge is 2.13. The second-order valence-corrected chi connectivity index (χ2v) is 4.96. The summed E-state index contributed by atoms with van der Waals surface area (Å²) in [6.45, 7) is 0.331. The molecule has 0 bridgehead atoms. The van der Waals surface area contributed by atoms with E-state index >= 15 is 0 Å². The third-order valence-corrected chi connectivity index (χ3v) is 3.28. The van der Waals surface area contributed by atoms with Gasteiger partial charge in [-0.1, -0.05) is 41.4 Å². The molecule has 0 fully saturated rings. The molecule has 100 valence electrons. The minimum Gasteiger partial charge on any atom is -0.377 e. The molecule has 2 aromatic carbocycles. The van der Waals surface area contributed by atoms with Crippen LogP contribution in [0.25, 0.3) is 0 Å². The summed E-state index contributed by atoms with van der Waals surface area (Å²) in [5, 5.41) is 4.08. The van der Waals surface area contributed by atoms with Crippen LogP contribution in [0.1, 0.15) is 11.6 Å². The molecule has 3 N–H and O–H groups in total. The van der Waals surface area contributed by atoms with Gasteiger partial charge in [0.15, 0.2) is 0 Å². The normalized spacial score (nSPS) is 12.2. The van der Waals surface area contributed by atoms with Crippen molar-refractivity contribution in [3.05, 3.63) is 63.9 Å². The maximum Gasteiger partial charge on any atom is 0.126 e. The summed E-state index contributed by atoms with van der Waals surface area (Å²) in [6.07, 6.45) is 0. The summed E-state index contributed by atoms with van der Waals surface area (Å²) in [4.78, 5) is 0. The van der Waals surface area contributed by atoms with Gasteiger partial charge in [0.1, 0.15) is 5.82 Å². The van der Waals surface area contributed by atoms with Gasteiger partial charge in [-0.3, -0.25) is 0 Å². The number of halogens is 3. The highest BCUT2D eigenvalue weighted by molar-refractivity contribution is 6.31. The van der Waals surface area contributed by atoms with Crippen LogP contribution >= 0.6 is 23.2 Å². The lowest BCUT2D eigenvalue weighted by Crippen LogP contribution is -2.21. The van der Waals surface area contributed by atoms with Crippen LogP contribution in [-0.4, -0.2) is 6.54 Å². The monoisotopic (exact) mass is 298 g/mol. The number of hydrogen-bond donors (Lipinski definition) is 2. The van der Waals surface area contributed by atoms with Crippen LogP contribution in [0.4, 0.5) is 10.1 Å². The topological polar surface area (TPSA) is 38.0 Å². The third kappa shape index (κ3) is 3.60. The first-order valence-electron chi connectivity index (χ1n) is 5.77. The van der Waals surface area contributed by atoms with Gasteiger partial charge >= 0.3 is 0 Å². The zero-order valence-corrected chi connectivity index (χ0v) is 11.5. The van der Waals surface area contributed by atoms with E-state index in [2.05, 4.69) is 5.32 Å². The van der Waals surface area contributed by atoms with Crippen molar-refractivity contribution < 1.29 is 4.39 Å². The Morgan fingerprint density at radius 2 is 1.89 bits per heavy atom. The van der Waals surface area contributed by atoms with E-state index in [-0.39, 0.29) is 6.04 Å². The number of benzene rings is 2. The molecule has 0 spiro atoms. The Morgan fingerprint density at radius 3 is 2.53 bits per heavy atom. The van der Waals surface area contributed by atoms with Crippen LogP contribution in [0.3, 0.4) is 0 Å². The van der Waals surface area contributed by atoms with Crippen LogP contribution in [0.5, 0.6) is 0 Å². The predicted molar refractivity (Wildman–Crippen MR) is 78.3 cm³/mol. The lowest BCUT2D eigenvalue weighted by Gasteiger charge is -2.20. The molecule has 0 saturated heterocycles. The molecule has 0 radical (unpaired) electrons. The lowest BCUT2D eigenvalue weighted by molar-refractivity contribution is 0.627. The van der Waals surface area contributed by atoms with Gasteiger partial charge < -0.3 is 11.1 Å². The van der Waals surface area contributed by atoms with Gasteiger partial charge in [-0.15, -0.1) is 0 Å². The molecule has 0 aliphatic heterocycles. The highest BCUT2D eigenvalue weighted by Crippen LogP contribution is 2.27. The Kier molecular flexibility index (Phi) is 4.64. The summed E-state index contributed by atoms with van der Waals surface area (Å²) < 4.78 is 13.3. The smallest absolute Gasteiger partial charge is 0.126 e. The molecule has 1 atom stereocenters. The van der Waals surface area contributed by atoms with Crippen molar-refractivity contribution in [3.63, 3.8) is 0 Å². The van der Waals surface area contributed by atoms with Crippen molar-refractivity contribution in [1.82, 2.24) is 0 Å². The van der Waals surface area contributed by atoms with E-state index in [1.165, 1.54) is 12.1 Å². The van der Waals surface area contributed by atoms with Crippen molar-refractivity contribution in [1.29, 1.82) is 0 Å². The molecule has 5 heteroatoms. The average molecular weight is 299 g/mol. The Hall–Kier alpha value is -1.29. The minimum atomic E-state index is -0.398. The van der Waals surface area contributed by atoms with Crippen LogP contribution in [0, 0.1) is 5.82 Å². The average Bonchev–Trinajstić information content (AvgIpc) is 2.36. The van der Waals surface area contributed by atoms with Gasteiger partial charge in [-0.2, -0.15) is 0 Å². The molecule has 0 amide bonds. The van der Waals surface area contributed by atoms with E-state index in [4.69, 9.17) is 28.9 Å². The molecular weight excluding hydrogens is 286 g/mol. The first-order valence-corrected chi connectivity index (χ1v) is 6.53. The van der Waals surface area contributed by atoms with Crippen molar-refractivity contribution in [2.45, 2.75) is 6.04 Å². The van der Waals surface area contributed by atoms with Gasteiger partial charge in [0, 0.05) is 22.3 Å². The molecule has 19 heavy (non-hydrogen) atoms. The van der Waals surface area contributed by atoms with Crippen molar-refractivity contribution in [3.8, 4) is 0 Å².